The largest absolute Gasteiger partial charge is 0.309 e. The number of hydrogen-bond donors (Lipinski definition) is 1. The molecule has 0 aliphatic rings. The van der Waals surface area contributed by atoms with E-state index in [2.05, 4.69) is 34.8 Å². The third-order valence-electron chi connectivity index (χ3n) is 3.02. The second kappa shape index (κ2) is 6.98. The summed E-state index contributed by atoms with van der Waals surface area (Å²) in [6, 6.07) is 8.28. The molecular formula is C14H18ClN3S. The van der Waals surface area contributed by atoms with Crippen LogP contribution in [0.2, 0.25) is 5.02 Å². The normalized spacial score (nSPS) is 12.6. The molecule has 2 rings (SSSR count). The summed E-state index contributed by atoms with van der Waals surface area (Å²) >= 11 is 7.54. The van der Waals surface area contributed by atoms with E-state index in [4.69, 9.17) is 11.6 Å². The predicted octanol–water partition coefficient (Wildman–Crippen LogP) is 3.65. The van der Waals surface area contributed by atoms with Gasteiger partial charge in [0.1, 0.15) is 0 Å². The van der Waals surface area contributed by atoms with Gasteiger partial charge in [0.2, 0.25) is 0 Å². The molecule has 1 aromatic heterocycles. The number of nitrogens with one attached hydrogen (secondary N) is 1. The van der Waals surface area contributed by atoms with E-state index in [1.807, 2.05) is 18.2 Å². The van der Waals surface area contributed by atoms with Gasteiger partial charge >= 0.3 is 0 Å². The molecule has 0 saturated heterocycles. The summed E-state index contributed by atoms with van der Waals surface area (Å²) in [5.74, 6) is 0. The summed E-state index contributed by atoms with van der Waals surface area (Å²) < 4.78 is 4.08. The minimum Gasteiger partial charge on any atom is -0.309 e. The average molecular weight is 296 g/mol. The Kier molecular flexibility index (Phi) is 5.31. The number of benzene rings is 1. The van der Waals surface area contributed by atoms with Crippen LogP contribution in [0, 0.1) is 0 Å². The van der Waals surface area contributed by atoms with Gasteiger partial charge < -0.3 is 5.32 Å². The lowest BCUT2D eigenvalue weighted by molar-refractivity contribution is 0.553. The van der Waals surface area contributed by atoms with E-state index < -0.39 is 0 Å². The van der Waals surface area contributed by atoms with Crippen molar-refractivity contribution in [1.29, 1.82) is 0 Å². The maximum absolute atomic E-state index is 6.05. The fourth-order valence-corrected chi connectivity index (χ4v) is 3.15. The molecule has 0 radical (unpaired) electrons. The summed E-state index contributed by atoms with van der Waals surface area (Å²) in [7, 11) is 0. The quantitative estimate of drug-likeness (QED) is 0.884. The van der Waals surface area contributed by atoms with Gasteiger partial charge in [-0.2, -0.15) is 0 Å². The van der Waals surface area contributed by atoms with Gasteiger partial charge in [-0.15, -0.1) is 5.10 Å². The van der Waals surface area contributed by atoms with Crippen LogP contribution in [0.15, 0.2) is 24.3 Å². The van der Waals surface area contributed by atoms with Gasteiger partial charge in [0.25, 0.3) is 0 Å². The molecule has 5 heteroatoms. The number of hydrogen-bond acceptors (Lipinski definition) is 4. The molecule has 0 fully saturated rings. The lowest BCUT2D eigenvalue weighted by atomic mass is 10.0. The molecule has 1 unspecified atom stereocenters. The first kappa shape index (κ1) is 14.4. The third kappa shape index (κ3) is 3.75. The Morgan fingerprint density at radius 2 is 2.21 bits per heavy atom. The highest BCUT2D eigenvalue weighted by Gasteiger charge is 2.18. The van der Waals surface area contributed by atoms with Gasteiger partial charge in [-0.1, -0.05) is 42.1 Å². The van der Waals surface area contributed by atoms with Crippen molar-refractivity contribution >= 4 is 23.1 Å². The number of likely N-dealkylation sites (N-methyl/N-ethyl adjacent to an activating group) is 1. The van der Waals surface area contributed by atoms with Gasteiger partial charge in [0.15, 0.2) is 0 Å². The maximum Gasteiger partial charge on any atom is 0.0801 e. The first-order valence-electron chi connectivity index (χ1n) is 6.53. The van der Waals surface area contributed by atoms with Gasteiger partial charge in [-0.3, -0.25) is 0 Å². The topological polar surface area (TPSA) is 37.8 Å². The summed E-state index contributed by atoms with van der Waals surface area (Å²) in [6.45, 7) is 5.15. The molecule has 0 saturated carbocycles. The van der Waals surface area contributed by atoms with Crippen molar-refractivity contribution in [2.24, 2.45) is 0 Å². The fraction of sp³-hybridized carbons (Fsp3) is 0.429. The lowest BCUT2D eigenvalue weighted by Gasteiger charge is -2.17. The van der Waals surface area contributed by atoms with Crippen LogP contribution in [0.4, 0.5) is 0 Å². The van der Waals surface area contributed by atoms with Crippen LogP contribution in [0.25, 0.3) is 0 Å². The van der Waals surface area contributed by atoms with Crippen LogP contribution < -0.4 is 5.32 Å². The van der Waals surface area contributed by atoms with Crippen LogP contribution in [0.3, 0.4) is 0 Å². The minimum absolute atomic E-state index is 0.262. The van der Waals surface area contributed by atoms with Crippen molar-refractivity contribution in [3.8, 4) is 0 Å². The number of rotatable bonds is 6. The molecule has 0 amide bonds. The van der Waals surface area contributed by atoms with Crippen LogP contribution in [-0.4, -0.2) is 16.1 Å². The van der Waals surface area contributed by atoms with Crippen molar-refractivity contribution in [3.63, 3.8) is 0 Å². The van der Waals surface area contributed by atoms with Crippen molar-refractivity contribution in [2.75, 3.05) is 6.54 Å². The predicted molar refractivity (Wildman–Crippen MR) is 80.9 cm³/mol. The van der Waals surface area contributed by atoms with Crippen molar-refractivity contribution < 1.29 is 0 Å². The Balaban J connectivity index is 2.21. The molecule has 102 valence electrons. The molecule has 0 spiro atoms. The second-order valence-electron chi connectivity index (χ2n) is 4.38. The van der Waals surface area contributed by atoms with Crippen molar-refractivity contribution in [2.45, 2.75) is 32.7 Å². The number of aryl methyl sites for hydroxylation is 1. The maximum atomic E-state index is 6.05. The Labute approximate surface area is 123 Å². The molecule has 1 N–H and O–H groups in total. The van der Waals surface area contributed by atoms with E-state index in [1.54, 1.807) is 0 Å². The molecule has 0 aliphatic carbocycles. The highest BCUT2D eigenvalue weighted by atomic mass is 35.5. The highest BCUT2D eigenvalue weighted by molar-refractivity contribution is 7.05. The standard InChI is InChI=1S/C14H18ClN3S/c1-3-12-14(19-18-17-12)13(16-4-2)9-10-6-5-7-11(15)8-10/h5-8,13,16H,3-4,9H2,1-2H3. The Morgan fingerprint density at radius 3 is 2.89 bits per heavy atom. The van der Waals surface area contributed by atoms with E-state index in [1.165, 1.54) is 22.0 Å². The molecule has 1 heterocycles. The molecule has 19 heavy (non-hydrogen) atoms. The van der Waals surface area contributed by atoms with Crippen LogP contribution in [0.1, 0.15) is 36.0 Å². The molecule has 3 nitrogen and oxygen atoms in total. The lowest BCUT2D eigenvalue weighted by Crippen LogP contribution is -2.23. The van der Waals surface area contributed by atoms with E-state index in [9.17, 15) is 0 Å². The molecular weight excluding hydrogens is 278 g/mol. The van der Waals surface area contributed by atoms with Gasteiger partial charge in [0, 0.05) is 11.1 Å². The number of nitrogens with zero attached hydrogens (tertiary/aromatic N) is 2. The summed E-state index contributed by atoms with van der Waals surface area (Å²) in [6.07, 6.45) is 1.83. The number of aromatic nitrogens is 2. The first-order valence-corrected chi connectivity index (χ1v) is 7.68. The zero-order valence-electron chi connectivity index (χ0n) is 11.2. The van der Waals surface area contributed by atoms with E-state index in [-0.39, 0.29) is 6.04 Å². The van der Waals surface area contributed by atoms with Crippen LogP contribution >= 0.6 is 23.1 Å². The Morgan fingerprint density at radius 1 is 1.37 bits per heavy atom. The highest BCUT2D eigenvalue weighted by Crippen LogP contribution is 2.25. The summed E-state index contributed by atoms with van der Waals surface area (Å²) in [5, 5.41) is 8.50. The molecule has 2 aromatic rings. The second-order valence-corrected chi connectivity index (χ2v) is 5.60. The van der Waals surface area contributed by atoms with Crippen LogP contribution in [-0.2, 0) is 12.8 Å². The van der Waals surface area contributed by atoms with Gasteiger partial charge in [-0.05, 0) is 48.6 Å². The fourth-order valence-electron chi connectivity index (χ4n) is 2.13. The summed E-state index contributed by atoms with van der Waals surface area (Å²) in [5.41, 5.74) is 2.33. The molecule has 1 aromatic carbocycles. The van der Waals surface area contributed by atoms with E-state index >= 15 is 0 Å². The Hall–Kier alpha value is -0.970. The van der Waals surface area contributed by atoms with Gasteiger partial charge in [-0.25, -0.2) is 0 Å². The zero-order chi connectivity index (χ0) is 13.7. The SMILES string of the molecule is CCNC(Cc1cccc(Cl)c1)c1snnc1CC. The van der Waals surface area contributed by atoms with Crippen LogP contribution in [0.5, 0.6) is 0 Å². The average Bonchev–Trinajstić information content (AvgIpc) is 2.86. The van der Waals surface area contributed by atoms with E-state index in [0.717, 1.165) is 30.1 Å². The number of halogens is 1. The monoisotopic (exact) mass is 295 g/mol. The molecule has 1 atom stereocenters. The zero-order valence-corrected chi connectivity index (χ0v) is 12.8. The van der Waals surface area contributed by atoms with Gasteiger partial charge in [0.05, 0.1) is 10.6 Å². The first-order chi connectivity index (χ1) is 9.24. The van der Waals surface area contributed by atoms with Crippen molar-refractivity contribution in [3.05, 3.63) is 45.4 Å². The third-order valence-corrected chi connectivity index (χ3v) is 4.13. The molecule has 0 bridgehead atoms. The van der Waals surface area contributed by atoms with E-state index in [0.29, 0.717) is 0 Å². The van der Waals surface area contributed by atoms with Crippen molar-refractivity contribution in [1.82, 2.24) is 14.9 Å². The molecule has 0 aliphatic heterocycles. The Bertz CT molecular complexity index is 527. The smallest absolute Gasteiger partial charge is 0.0801 e. The summed E-state index contributed by atoms with van der Waals surface area (Å²) in [4.78, 5) is 1.24. The minimum atomic E-state index is 0.262.